The van der Waals surface area contributed by atoms with Crippen LogP contribution in [0.2, 0.25) is 0 Å². The highest BCUT2D eigenvalue weighted by Crippen LogP contribution is 2.39. The molecule has 0 amide bonds. The van der Waals surface area contributed by atoms with Crippen LogP contribution < -0.4 is 5.32 Å². The normalized spacial score (nSPS) is 17.7. The summed E-state index contributed by atoms with van der Waals surface area (Å²) in [5, 5.41) is 11.5. The molecule has 20 heavy (non-hydrogen) atoms. The molecule has 3 rings (SSSR count). The molecule has 0 unspecified atom stereocenters. The van der Waals surface area contributed by atoms with E-state index in [1.165, 1.54) is 36.3 Å². The van der Waals surface area contributed by atoms with E-state index < -0.39 is 0 Å². The molecule has 0 spiro atoms. The van der Waals surface area contributed by atoms with Crippen LogP contribution in [0.25, 0.3) is 0 Å². The zero-order valence-corrected chi connectivity index (χ0v) is 13.0. The summed E-state index contributed by atoms with van der Waals surface area (Å²) in [5.74, 6) is 0. The Labute approximate surface area is 124 Å². The fraction of sp³-hybridized carbons (Fsp3) is 0.600. The molecule has 0 atom stereocenters. The molecule has 1 saturated carbocycles. The lowest BCUT2D eigenvalue weighted by Gasteiger charge is -2.28. The number of hydrogen-bond acceptors (Lipinski definition) is 4. The smallest absolute Gasteiger partial charge is 0.113 e. The molecule has 0 radical (unpaired) electrons. The van der Waals surface area contributed by atoms with Crippen LogP contribution in [0.3, 0.4) is 0 Å². The van der Waals surface area contributed by atoms with Crippen molar-refractivity contribution in [2.45, 2.75) is 44.6 Å². The summed E-state index contributed by atoms with van der Waals surface area (Å²) < 4.78 is 1.87. The first kappa shape index (κ1) is 13.8. The number of hydrogen-bond donors (Lipinski definition) is 1. The number of thiazole rings is 1. The Morgan fingerprint density at radius 3 is 2.80 bits per heavy atom. The van der Waals surface area contributed by atoms with Gasteiger partial charge in [-0.05, 0) is 31.7 Å². The van der Waals surface area contributed by atoms with Crippen LogP contribution in [-0.2, 0) is 19.0 Å². The molecule has 0 aromatic carbocycles. The third-order valence-electron chi connectivity index (χ3n) is 4.12. The number of aryl methyl sites for hydroxylation is 2. The van der Waals surface area contributed by atoms with Gasteiger partial charge in [-0.2, -0.15) is 5.10 Å². The molecular weight excluding hydrogens is 268 g/mol. The van der Waals surface area contributed by atoms with Crippen LogP contribution in [0.1, 0.15) is 41.9 Å². The van der Waals surface area contributed by atoms with Crippen LogP contribution in [0.4, 0.5) is 0 Å². The Balaban J connectivity index is 1.66. The molecule has 1 aliphatic carbocycles. The molecule has 2 aromatic rings. The minimum Gasteiger partial charge on any atom is -0.305 e. The SMILES string of the molecule is Cc1csc(C2(NCCc3cnn(C)c3)CCCC2)n1. The van der Waals surface area contributed by atoms with E-state index in [9.17, 15) is 0 Å². The van der Waals surface area contributed by atoms with Crippen LogP contribution in [0.15, 0.2) is 17.8 Å². The molecule has 108 valence electrons. The van der Waals surface area contributed by atoms with Crippen molar-refractivity contribution in [3.8, 4) is 0 Å². The van der Waals surface area contributed by atoms with E-state index in [-0.39, 0.29) is 5.54 Å². The van der Waals surface area contributed by atoms with Gasteiger partial charge in [-0.15, -0.1) is 11.3 Å². The molecule has 5 heteroatoms. The second-order valence-electron chi connectivity index (χ2n) is 5.78. The van der Waals surface area contributed by atoms with E-state index in [2.05, 4.69) is 28.9 Å². The third-order valence-corrected chi connectivity index (χ3v) is 5.29. The third kappa shape index (κ3) is 2.79. The van der Waals surface area contributed by atoms with Gasteiger partial charge in [-0.3, -0.25) is 4.68 Å². The summed E-state index contributed by atoms with van der Waals surface area (Å²) in [6, 6.07) is 0. The summed E-state index contributed by atoms with van der Waals surface area (Å²) >= 11 is 1.81. The van der Waals surface area contributed by atoms with Gasteiger partial charge in [0.15, 0.2) is 0 Å². The fourth-order valence-electron chi connectivity index (χ4n) is 3.07. The average Bonchev–Trinajstić information content (AvgIpc) is 3.12. The van der Waals surface area contributed by atoms with Crippen molar-refractivity contribution in [1.29, 1.82) is 0 Å². The molecule has 0 saturated heterocycles. The predicted molar refractivity (Wildman–Crippen MR) is 81.9 cm³/mol. The monoisotopic (exact) mass is 290 g/mol. The highest BCUT2D eigenvalue weighted by molar-refractivity contribution is 7.09. The Kier molecular flexibility index (Phi) is 3.89. The average molecular weight is 290 g/mol. The zero-order chi connectivity index (χ0) is 14.0. The van der Waals surface area contributed by atoms with Crippen molar-refractivity contribution < 1.29 is 0 Å². The van der Waals surface area contributed by atoms with Gasteiger partial charge in [0.25, 0.3) is 0 Å². The minimum absolute atomic E-state index is 0.126. The van der Waals surface area contributed by atoms with Gasteiger partial charge in [0.2, 0.25) is 0 Å². The van der Waals surface area contributed by atoms with E-state index in [1.807, 2.05) is 17.9 Å². The molecular formula is C15H22N4S. The number of nitrogens with zero attached hydrogens (tertiary/aromatic N) is 3. The highest BCUT2D eigenvalue weighted by Gasteiger charge is 2.37. The molecule has 0 aliphatic heterocycles. The molecule has 1 aliphatic rings. The first-order valence-electron chi connectivity index (χ1n) is 7.33. The number of rotatable bonds is 5. The summed E-state index contributed by atoms with van der Waals surface area (Å²) in [7, 11) is 1.97. The van der Waals surface area contributed by atoms with Gasteiger partial charge in [0.05, 0.1) is 11.7 Å². The lowest BCUT2D eigenvalue weighted by molar-refractivity contribution is 0.342. The lowest BCUT2D eigenvalue weighted by atomic mass is 9.98. The molecule has 1 N–H and O–H groups in total. The minimum atomic E-state index is 0.126. The fourth-order valence-corrected chi connectivity index (χ4v) is 4.10. The molecule has 2 aromatic heterocycles. The van der Waals surface area contributed by atoms with Gasteiger partial charge in [-0.1, -0.05) is 12.8 Å². The highest BCUT2D eigenvalue weighted by atomic mass is 32.1. The summed E-state index contributed by atoms with van der Waals surface area (Å²) in [4.78, 5) is 4.73. The second kappa shape index (κ2) is 5.66. The van der Waals surface area contributed by atoms with E-state index >= 15 is 0 Å². The summed E-state index contributed by atoms with van der Waals surface area (Å²) in [6.45, 7) is 3.07. The summed E-state index contributed by atoms with van der Waals surface area (Å²) in [6.07, 6.45) is 10.1. The Hall–Kier alpha value is -1.20. The largest absolute Gasteiger partial charge is 0.305 e. The molecule has 2 heterocycles. The Morgan fingerprint density at radius 2 is 2.20 bits per heavy atom. The number of aromatic nitrogens is 3. The van der Waals surface area contributed by atoms with E-state index in [0.29, 0.717) is 0 Å². The van der Waals surface area contributed by atoms with Crippen LogP contribution in [0, 0.1) is 6.92 Å². The maximum absolute atomic E-state index is 4.73. The van der Waals surface area contributed by atoms with Gasteiger partial charge in [0.1, 0.15) is 5.01 Å². The predicted octanol–water partition coefficient (Wildman–Crippen LogP) is 2.79. The maximum atomic E-state index is 4.73. The zero-order valence-electron chi connectivity index (χ0n) is 12.2. The Morgan fingerprint density at radius 1 is 1.40 bits per heavy atom. The van der Waals surface area contributed by atoms with Crippen molar-refractivity contribution in [3.63, 3.8) is 0 Å². The molecule has 0 bridgehead atoms. The summed E-state index contributed by atoms with van der Waals surface area (Å²) in [5.41, 5.74) is 2.56. The van der Waals surface area contributed by atoms with Gasteiger partial charge in [-0.25, -0.2) is 4.98 Å². The van der Waals surface area contributed by atoms with E-state index in [0.717, 1.165) is 18.7 Å². The van der Waals surface area contributed by atoms with Crippen molar-refractivity contribution in [2.75, 3.05) is 6.54 Å². The first-order chi connectivity index (χ1) is 9.68. The Bertz CT molecular complexity index is 566. The quantitative estimate of drug-likeness (QED) is 0.921. The molecule has 1 fully saturated rings. The van der Waals surface area contributed by atoms with Gasteiger partial charge >= 0.3 is 0 Å². The first-order valence-corrected chi connectivity index (χ1v) is 8.21. The maximum Gasteiger partial charge on any atom is 0.113 e. The number of nitrogens with one attached hydrogen (secondary N) is 1. The van der Waals surface area contributed by atoms with Crippen LogP contribution >= 0.6 is 11.3 Å². The van der Waals surface area contributed by atoms with E-state index in [4.69, 9.17) is 4.98 Å². The second-order valence-corrected chi connectivity index (χ2v) is 6.64. The van der Waals surface area contributed by atoms with Crippen molar-refractivity contribution >= 4 is 11.3 Å². The van der Waals surface area contributed by atoms with E-state index in [1.54, 1.807) is 11.3 Å². The van der Waals surface area contributed by atoms with Gasteiger partial charge in [0, 0.05) is 30.9 Å². The van der Waals surface area contributed by atoms with Crippen molar-refractivity contribution in [2.24, 2.45) is 7.05 Å². The van der Waals surface area contributed by atoms with Crippen molar-refractivity contribution in [1.82, 2.24) is 20.1 Å². The van der Waals surface area contributed by atoms with Crippen LogP contribution in [0.5, 0.6) is 0 Å². The lowest BCUT2D eigenvalue weighted by Crippen LogP contribution is -2.41. The molecule has 4 nitrogen and oxygen atoms in total. The van der Waals surface area contributed by atoms with Gasteiger partial charge < -0.3 is 5.32 Å². The van der Waals surface area contributed by atoms with Crippen LogP contribution in [-0.4, -0.2) is 21.3 Å². The van der Waals surface area contributed by atoms with Crippen molar-refractivity contribution in [3.05, 3.63) is 34.0 Å². The topological polar surface area (TPSA) is 42.7 Å². The standard InChI is InChI=1S/C15H22N4S/c1-12-11-20-14(18-12)15(6-3-4-7-15)16-8-5-13-9-17-19(2)10-13/h9-11,16H,3-8H2,1-2H3.